The molecule has 2 aromatic heterocycles. The van der Waals surface area contributed by atoms with E-state index in [1.54, 1.807) is 34.4 Å². The van der Waals surface area contributed by atoms with Crippen LogP contribution in [0.15, 0.2) is 35.0 Å². The van der Waals surface area contributed by atoms with Crippen LogP contribution in [0.4, 0.5) is 0 Å². The van der Waals surface area contributed by atoms with Crippen LogP contribution in [-0.4, -0.2) is 22.8 Å². The second-order valence-corrected chi connectivity index (χ2v) is 6.77. The van der Waals surface area contributed by atoms with E-state index in [2.05, 4.69) is 22.9 Å². The predicted molar refractivity (Wildman–Crippen MR) is 81.3 cm³/mol. The summed E-state index contributed by atoms with van der Waals surface area (Å²) in [6, 6.07) is 8.22. The molecule has 0 aliphatic carbocycles. The summed E-state index contributed by atoms with van der Waals surface area (Å²) >= 11 is 4.98. The highest BCUT2D eigenvalue weighted by Crippen LogP contribution is 2.17. The largest absolute Gasteiger partial charge is 0.332 e. The van der Waals surface area contributed by atoms with Gasteiger partial charge in [0.05, 0.1) is 18.8 Å². The Balaban J connectivity index is 2.04. The summed E-state index contributed by atoms with van der Waals surface area (Å²) in [5, 5.41) is 4.11. The Morgan fingerprint density at radius 1 is 1.17 bits per heavy atom. The number of nitrogens with zero attached hydrogens (tertiary/aromatic N) is 1. The molecule has 0 saturated heterocycles. The molecular formula is C13H15NOS3. The zero-order chi connectivity index (χ0) is 12.8. The lowest BCUT2D eigenvalue weighted by atomic mass is 10.3. The number of hydrogen-bond acceptors (Lipinski definition) is 4. The maximum absolute atomic E-state index is 12.1. The monoisotopic (exact) mass is 297 g/mol. The molecule has 5 heteroatoms. The van der Waals surface area contributed by atoms with Crippen molar-refractivity contribution in [3.8, 4) is 0 Å². The number of thioether (sulfide) groups is 1. The second-order valence-electron chi connectivity index (χ2n) is 3.84. The van der Waals surface area contributed by atoms with Gasteiger partial charge in [-0.1, -0.05) is 12.1 Å². The van der Waals surface area contributed by atoms with Gasteiger partial charge in [-0.3, -0.25) is 4.79 Å². The molecule has 0 N–H and O–H groups in total. The number of carbonyl (C=O) groups excluding carboxylic acids is 1. The zero-order valence-corrected chi connectivity index (χ0v) is 12.6. The molecule has 2 rings (SSSR count). The van der Waals surface area contributed by atoms with Gasteiger partial charge >= 0.3 is 0 Å². The molecule has 1 amide bonds. The van der Waals surface area contributed by atoms with Crippen LogP contribution in [0.2, 0.25) is 0 Å². The average Bonchev–Trinajstić information content (AvgIpc) is 3.01. The predicted octanol–water partition coefficient (Wildman–Crippen LogP) is 3.70. The molecule has 0 saturated carbocycles. The van der Waals surface area contributed by atoms with Crippen molar-refractivity contribution in [1.82, 2.24) is 4.90 Å². The Hall–Kier alpha value is -0.780. The molecule has 0 radical (unpaired) electrons. The number of thiophene rings is 2. The van der Waals surface area contributed by atoms with E-state index in [1.165, 1.54) is 9.75 Å². The highest BCUT2D eigenvalue weighted by atomic mass is 32.2. The molecule has 2 aromatic rings. The van der Waals surface area contributed by atoms with Gasteiger partial charge in [0.1, 0.15) is 0 Å². The lowest BCUT2D eigenvalue weighted by Crippen LogP contribution is -2.30. The molecule has 0 unspecified atom stereocenters. The molecule has 0 aliphatic heterocycles. The van der Waals surface area contributed by atoms with Gasteiger partial charge in [-0.25, -0.2) is 0 Å². The first-order chi connectivity index (χ1) is 8.79. The van der Waals surface area contributed by atoms with Crippen LogP contribution in [0.3, 0.4) is 0 Å². The van der Waals surface area contributed by atoms with Crippen molar-refractivity contribution in [3.05, 3.63) is 44.8 Å². The van der Waals surface area contributed by atoms with E-state index in [9.17, 15) is 4.79 Å². The van der Waals surface area contributed by atoms with Crippen molar-refractivity contribution in [2.24, 2.45) is 0 Å². The molecule has 0 aromatic carbocycles. The number of rotatable bonds is 6. The third kappa shape index (κ3) is 3.86. The highest BCUT2D eigenvalue weighted by molar-refractivity contribution is 7.99. The Morgan fingerprint density at radius 2 is 1.72 bits per heavy atom. The van der Waals surface area contributed by atoms with Gasteiger partial charge < -0.3 is 4.90 Å². The van der Waals surface area contributed by atoms with Crippen LogP contribution >= 0.6 is 34.4 Å². The molecular weight excluding hydrogens is 282 g/mol. The summed E-state index contributed by atoms with van der Waals surface area (Å²) in [5.41, 5.74) is 0. The zero-order valence-electron chi connectivity index (χ0n) is 10.2. The number of amides is 1. The Morgan fingerprint density at radius 3 is 2.11 bits per heavy atom. The molecule has 0 bridgehead atoms. The maximum Gasteiger partial charge on any atom is 0.233 e. The fourth-order valence-corrected chi connectivity index (χ4v) is 3.50. The third-order valence-corrected chi connectivity index (χ3v) is 4.73. The highest BCUT2D eigenvalue weighted by Gasteiger charge is 2.14. The quantitative estimate of drug-likeness (QED) is 0.810. The van der Waals surface area contributed by atoms with Crippen LogP contribution < -0.4 is 0 Å². The average molecular weight is 297 g/mol. The molecule has 0 atom stereocenters. The van der Waals surface area contributed by atoms with Crippen molar-refractivity contribution in [1.29, 1.82) is 0 Å². The number of hydrogen-bond donors (Lipinski definition) is 0. The Bertz CT molecular complexity index is 428. The molecule has 18 heavy (non-hydrogen) atoms. The van der Waals surface area contributed by atoms with E-state index in [1.807, 2.05) is 23.3 Å². The van der Waals surface area contributed by atoms with Gasteiger partial charge in [-0.2, -0.15) is 11.8 Å². The minimum absolute atomic E-state index is 0.212. The summed E-state index contributed by atoms with van der Waals surface area (Å²) < 4.78 is 0. The third-order valence-electron chi connectivity index (χ3n) is 2.47. The minimum atomic E-state index is 0.212. The summed E-state index contributed by atoms with van der Waals surface area (Å²) in [6.07, 6.45) is 1.96. The standard InChI is InChI=1S/C13H15NOS3/c1-16-10-13(15)14(8-11-4-2-6-17-11)9-12-5-3-7-18-12/h2-7H,8-10H2,1H3. The topological polar surface area (TPSA) is 20.3 Å². The summed E-state index contributed by atoms with van der Waals surface area (Å²) in [4.78, 5) is 16.5. The molecule has 0 fully saturated rings. The first-order valence-corrected chi connectivity index (χ1v) is 8.76. The lowest BCUT2D eigenvalue weighted by molar-refractivity contribution is -0.129. The summed E-state index contributed by atoms with van der Waals surface area (Å²) in [6.45, 7) is 1.43. The van der Waals surface area contributed by atoms with Gasteiger partial charge in [0.15, 0.2) is 0 Å². The van der Waals surface area contributed by atoms with Gasteiger partial charge in [-0.05, 0) is 29.1 Å². The van der Waals surface area contributed by atoms with Crippen molar-refractivity contribution in [2.45, 2.75) is 13.1 Å². The van der Waals surface area contributed by atoms with Crippen molar-refractivity contribution in [2.75, 3.05) is 12.0 Å². The summed E-state index contributed by atoms with van der Waals surface area (Å²) in [5.74, 6) is 0.765. The Labute approximate surface area is 120 Å². The van der Waals surface area contributed by atoms with Gasteiger partial charge in [0.25, 0.3) is 0 Å². The van der Waals surface area contributed by atoms with E-state index >= 15 is 0 Å². The minimum Gasteiger partial charge on any atom is -0.332 e. The SMILES string of the molecule is CSCC(=O)N(Cc1cccs1)Cc1cccs1. The normalized spacial score (nSPS) is 10.5. The van der Waals surface area contributed by atoms with Crippen LogP contribution in [0, 0.1) is 0 Å². The molecule has 2 nitrogen and oxygen atoms in total. The smallest absolute Gasteiger partial charge is 0.233 e. The van der Waals surface area contributed by atoms with Crippen LogP contribution in [0.25, 0.3) is 0 Å². The fourth-order valence-electron chi connectivity index (χ4n) is 1.63. The maximum atomic E-state index is 12.1. The Kier molecular flexibility index (Phi) is 5.28. The van der Waals surface area contributed by atoms with Crippen LogP contribution in [0.1, 0.15) is 9.75 Å². The van der Waals surface area contributed by atoms with E-state index in [0.29, 0.717) is 5.75 Å². The first-order valence-electron chi connectivity index (χ1n) is 5.61. The van der Waals surface area contributed by atoms with E-state index in [0.717, 1.165) is 13.1 Å². The van der Waals surface area contributed by atoms with Gasteiger partial charge in [-0.15, -0.1) is 22.7 Å². The van der Waals surface area contributed by atoms with E-state index in [-0.39, 0.29) is 5.91 Å². The van der Waals surface area contributed by atoms with Crippen molar-refractivity contribution >= 4 is 40.3 Å². The molecule has 2 heterocycles. The summed E-state index contributed by atoms with van der Waals surface area (Å²) in [7, 11) is 0. The van der Waals surface area contributed by atoms with Crippen molar-refractivity contribution < 1.29 is 4.79 Å². The van der Waals surface area contributed by atoms with Crippen LogP contribution in [0.5, 0.6) is 0 Å². The van der Waals surface area contributed by atoms with E-state index < -0.39 is 0 Å². The number of carbonyl (C=O) groups is 1. The van der Waals surface area contributed by atoms with Crippen molar-refractivity contribution in [3.63, 3.8) is 0 Å². The molecule has 0 aliphatic rings. The lowest BCUT2D eigenvalue weighted by Gasteiger charge is -2.21. The molecule has 0 spiro atoms. The van der Waals surface area contributed by atoms with Crippen LogP contribution in [-0.2, 0) is 17.9 Å². The molecule has 96 valence electrons. The fraction of sp³-hybridized carbons (Fsp3) is 0.308. The van der Waals surface area contributed by atoms with E-state index in [4.69, 9.17) is 0 Å². The van der Waals surface area contributed by atoms with Gasteiger partial charge in [0.2, 0.25) is 5.91 Å². The van der Waals surface area contributed by atoms with Gasteiger partial charge in [0, 0.05) is 9.75 Å². The second kappa shape index (κ2) is 6.97. The first kappa shape index (κ1) is 13.6.